The summed E-state index contributed by atoms with van der Waals surface area (Å²) in [5, 5.41) is 36.5. The van der Waals surface area contributed by atoms with Gasteiger partial charge in [0, 0.05) is 48.6 Å². The van der Waals surface area contributed by atoms with Gasteiger partial charge >= 0.3 is 0 Å². The number of hydrogen-bond donors (Lipinski definition) is 3. The summed E-state index contributed by atoms with van der Waals surface area (Å²) in [5.41, 5.74) is 3.44. The van der Waals surface area contributed by atoms with Crippen molar-refractivity contribution in [1.29, 1.82) is 0 Å². The first-order valence-corrected chi connectivity index (χ1v) is 9.34. The molecule has 4 rings (SSSR count). The highest BCUT2D eigenvalue weighted by atomic mass is 35.5. The minimum atomic E-state index is -0.841. The van der Waals surface area contributed by atoms with Crippen LogP contribution >= 0.6 is 37.2 Å². The van der Waals surface area contributed by atoms with Crippen LogP contribution in [0.2, 0.25) is 0 Å². The number of rotatable bonds is 6. The van der Waals surface area contributed by atoms with Gasteiger partial charge in [0.2, 0.25) is 0 Å². The van der Waals surface area contributed by atoms with Crippen LogP contribution in [0.4, 0.5) is 0 Å². The first-order valence-electron chi connectivity index (χ1n) is 9.34. The number of nitrogens with one attached hydrogen (secondary N) is 1. The molecule has 0 amide bonds. The van der Waals surface area contributed by atoms with E-state index in [1.165, 1.54) is 0 Å². The molecule has 3 aromatic heterocycles. The Labute approximate surface area is 198 Å². The number of aliphatic hydroxyl groups excluding tert-OH is 2. The molecule has 1 aliphatic rings. The summed E-state index contributed by atoms with van der Waals surface area (Å²) >= 11 is 0. The van der Waals surface area contributed by atoms with Gasteiger partial charge in [-0.15, -0.1) is 42.3 Å². The monoisotopic (exact) mass is 492 g/mol. The van der Waals surface area contributed by atoms with Gasteiger partial charge in [0.25, 0.3) is 0 Å². The lowest BCUT2D eigenvalue weighted by atomic mass is 10.1. The van der Waals surface area contributed by atoms with Crippen LogP contribution in [0.5, 0.6) is 0 Å². The molecule has 0 spiro atoms. The molecule has 3 aromatic rings. The van der Waals surface area contributed by atoms with Crippen molar-refractivity contribution in [3.63, 3.8) is 0 Å². The molecule has 1 fully saturated rings. The summed E-state index contributed by atoms with van der Waals surface area (Å²) in [6.07, 6.45) is 4.24. The van der Waals surface area contributed by atoms with Gasteiger partial charge in [0.15, 0.2) is 0 Å². The van der Waals surface area contributed by atoms with E-state index in [4.69, 9.17) is 4.52 Å². The molecule has 4 atom stereocenters. The van der Waals surface area contributed by atoms with Crippen molar-refractivity contribution in [2.75, 3.05) is 0 Å². The lowest BCUT2D eigenvalue weighted by molar-refractivity contribution is 0.00721. The minimum Gasteiger partial charge on any atom is -0.390 e. The Balaban J connectivity index is 0.00000160. The van der Waals surface area contributed by atoms with Crippen LogP contribution in [0, 0.1) is 19.8 Å². The molecule has 12 heteroatoms. The van der Waals surface area contributed by atoms with Crippen molar-refractivity contribution in [3.8, 4) is 11.3 Å². The highest BCUT2D eigenvalue weighted by Crippen LogP contribution is 2.29. The van der Waals surface area contributed by atoms with Crippen LogP contribution in [0.1, 0.15) is 23.4 Å². The molecule has 1 saturated carbocycles. The molecular weight excluding hydrogens is 467 g/mol. The fraction of sp³-hybridized carbons (Fsp3) is 0.474. The maximum absolute atomic E-state index is 10.5. The fourth-order valence-corrected chi connectivity index (χ4v) is 3.77. The molecule has 31 heavy (non-hydrogen) atoms. The first-order chi connectivity index (χ1) is 13.5. The molecule has 0 saturated heterocycles. The van der Waals surface area contributed by atoms with E-state index in [0.29, 0.717) is 19.5 Å². The van der Waals surface area contributed by atoms with E-state index >= 15 is 0 Å². The second-order valence-electron chi connectivity index (χ2n) is 7.33. The van der Waals surface area contributed by atoms with Crippen molar-refractivity contribution < 1.29 is 14.7 Å². The van der Waals surface area contributed by atoms with Crippen molar-refractivity contribution in [2.45, 2.75) is 51.6 Å². The molecular formula is C19H27Cl3N6O3. The molecule has 172 valence electrons. The SMILES string of the molecule is Cc1noc(C)c1CN[C@@H]1C[C@H](Cn2cc(-c3cccnc3)nn2)[C@@H](O)[C@H]1O.Cl.Cl.Cl. The van der Waals surface area contributed by atoms with Gasteiger partial charge in [0.05, 0.1) is 24.1 Å². The minimum absolute atomic E-state index is 0. The highest BCUT2D eigenvalue weighted by Gasteiger charge is 2.41. The molecule has 9 nitrogen and oxygen atoms in total. The summed E-state index contributed by atoms with van der Waals surface area (Å²) in [7, 11) is 0. The molecule has 3 N–H and O–H groups in total. The van der Waals surface area contributed by atoms with Crippen molar-refractivity contribution in [2.24, 2.45) is 5.92 Å². The van der Waals surface area contributed by atoms with E-state index in [1.54, 1.807) is 17.1 Å². The Kier molecular flexibility index (Phi) is 10.3. The van der Waals surface area contributed by atoms with Crippen LogP contribution in [-0.4, -0.2) is 53.6 Å². The maximum Gasteiger partial charge on any atom is 0.138 e. The standard InChI is InChI=1S/C19H24N6O3.3ClH/c1-11-15(12(2)28-23-11)8-21-16-6-14(18(26)19(16)27)9-25-10-17(22-24-25)13-4-3-5-20-7-13;;;/h3-5,7,10,14,16,18-19,21,26-27H,6,8-9H2,1-2H3;3*1H/t14-,16-,18-,19+;;;/m1.../s1. The summed E-state index contributed by atoms with van der Waals surface area (Å²) in [6, 6.07) is 3.56. The van der Waals surface area contributed by atoms with E-state index in [0.717, 1.165) is 28.3 Å². The lowest BCUT2D eigenvalue weighted by Crippen LogP contribution is -2.39. The van der Waals surface area contributed by atoms with E-state index < -0.39 is 12.2 Å². The first kappa shape index (κ1) is 27.3. The van der Waals surface area contributed by atoms with Crippen molar-refractivity contribution in [1.82, 2.24) is 30.5 Å². The molecule has 0 radical (unpaired) electrons. The Bertz CT molecular complexity index is 920. The van der Waals surface area contributed by atoms with Gasteiger partial charge in [-0.1, -0.05) is 10.4 Å². The molecule has 0 unspecified atom stereocenters. The number of aromatic nitrogens is 5. The average Bonchev–Trinajstić information content (AvgIpc) is 3.37. The van der Waals surface area contributed by atoms with Gasteiger partial charge in [0.1, 0.15) is 11.5 Å². The lowest BCUT2D eigenvalue weighted by Gasteiger charge is -2.18. The van der Waals surface area contributed by atoms with Gasteiger partial charge in [-0.2, -0.15) is 0 Å². The predicted molar refractivity (Wildman–Crippen MR) is 122 cm³/mol. The summed E-state index contributed by atoms with van der Waals surface area (Å²) < 4.78 is 6.88. The number of pyridine rings is 1. The zero-order valence-electron chi connectivity index (χ0n) is 17.1. The van der Waals surface area contributed by atoms with Crippen LogP contribution in [0.3, 0.4) is 0 Å². The summed E-state index contributed by atoms with van der Waals surface area (Å²) in [4.78, 5) is 4.09. The fourth-order valence-electron chi connectivity index (χ4n) is 3.77. The van der Waals surface area contributed by atoms with Crippen molar-refractivity contribution >= 4 is 37.2 Å². The molecule has 0 bridgehead atoms. The summed E-state index contributed by atoms with van der Waals surface area (Å²) in [6.45, 7) is 4.77. The average molecular weight is 494 g/mol. The normalized spacial score (nSPS) is 22.3. The maximum atomic E-state index is 10.5. The van der Waals surface area contributed by atoms with E-state index in [-0.39, 0.29) is 49.2 Å². The number of aryl methyl sites for hydroxylation is 2. The second kappa shape index (κ2) is 11.8. The molecule has 3 heterocycles. The molecule has 0 aromatic carbocycles. The number of nitrogens with zero attached hydrogens (tertiary/aromatic N) is 5. The summed E-state index contributed by atoms with van der Waals surface area (Å²) in [5.74, 6) is 0.640. The zero-order valence-corrected chi connectivity index (χ0v) is 19.5. The van der Waals surface area contributed by atoms with Gasteiger partial charge in [-0.3, -0.25) is 9.67 Å². The van der Waals surface area contributed by atoms with Crippen LogP contribution in [0.25, 0.3) is 11.3 Å². The Morgan fingerprint density at radius 3 is 2.61 bits per heavy atom. The number of hydrogen-bond acceptors (Lipinski definition) is 8. The Morgan fingerprint density at radius 1 is 1.19 bits per heavy atom. The predicted octanol–water partition coefficient (Wildman–Crippen LogP) is 2.11. The van der Waals surface area contributed by atoms with E-state index in [2.05, 4.69) is 25.8 Å². The van der Waals surface area contributed by atoms with Crippen LogP contribution in [-0.2, 0) is 13.1 Å². The number of halogens is 3. The van der Waals surface area contributed by atoms with E-state index in [9.17, 15) is 10.2 Å². The number of aliphatic hydroxyl groups is 2. The van der Waals surface area contributed by atoms with Crippen LogP contribution in [0.15, 0.2) is 35.2 Å². The molecule has 0 aliphatic heterocycles. The van der Waals surface area contributed by atoms with Gasteiger partial charge in [-0.05, 0) is 32.4 Å². The third-order valence-electron chi connectivity index (χ3n) is 5.44. The van der Waals surface area contributed by atoms with Crippen LogP contribution < -0.4 is 5.32 Å². The largest absolute Gasteiger partial charge is 0.390 e. The third-order valence-corrected chi connectivity index (χ3v) is 5.44. The van der Waals surface area contributed by atoms with Gasteiger partial charge in [-0.25, -0.2) is 0 Å². The smallest absolute Gasteiger partial charge is 0.138 e. The quantitative estimate of drug-likeness (QED) is 0.477. The molecule has 1 aliphatic carbocycles. The Morgan fingerprint density at radius 2 is 1.97 bits per heavy atom. The highest BCUT2D eigenvalue weighted by molar-refractivity contribution is 5.86. The third kappa shape index (κ3) is 5.94. The Hall–Kier alpha value is -1.75. The second-order valence-corrected chi connectivity index (χ2v) is 7.33. The van der Waals surface area contributed by atoms with Gasteiger partial charge < -0.3 is 20.1 Å². The zero-order chi connectivity index (χ0) is 19.7. The van der Waals surface area contributed by atoms with Crippen molar-refractivity contribution in [3.05, 3.63) is 47.7 Å². The van der Waals surface area contributed by atoms with E-state index in [1.807, 2.05) is 32.2 Å². The topological polar surface area (TPSA) is 122 Å².